The molecule has 0 radical (unpaired) electrons. The number of fused-ring (bicyclic) bond motifs is 1. The minimum Gasteiger partial charge on any atom is -0.493 e. The van der Waals surface area contributed by atoms with Gasteiger partial charge in [-0.05, 0) is 35.4 Å². The summed E-state index contributed by atoms with van der Waals surface area (Å²) in [5.74, 6) is 0.864. The molecule has 4 rings (SSSR count). The molecule has 10 nitrogen and oxygen atoms in total. The molecule has 1 unspecified atom stereocenters. The highest BCUT2D eigenvalue weighted by molar-refractivity contribution is 5.98. The van der Waals surface area contributed by atoms with Gasteiger partial charge in [0.1, 0.15) is 41.7 Å². The number of nitrogen functional groups attached to an aromatic ring is 2. The highest BCUT2D eigenvalue weighted by atomic mass is 19.1. The Balaban J connectivity index is 1.73. The van der Waals surface area contributed by atoms with Gasteiger partial charge in [0, 0.05) is 5.56 Å². The first-order chi connectivity index (χ1) is 16.4. The average Bonchev–Trinajstić information content (AvgIpc) is 2.82. The molecular weight excluding hydrogens is 439 g/mol. The summed E-state index contributed by atoms with van der Waals surface area (Å²) < 4.78 is 24.8. The van der Waals surface area contributed by atoms with E-state index in [1.54, 1.807) is 36.5 Å². The number of anilines is 3. The predicted octanol–water partition coefficient (Wildman–Crippen LogP) is 2.79. The molecule has 3 aromatic rings. The predicted molar refractivity (Wildman–Crippen MR) is 123 cm³/mol. The number of hydrogen-bond acceptors (Lipinski definition) is 10. The number of aliphatic imine (C=N–C) groups is 1. The lowest BCUT2D eigenvalue weighted by Crippen LogP contribution is -2.32. The van der Waals surface area contributed by atoms with Gasteiger partial charge in [-0.3, -0.25) is 5.32 Å². The van der Waals surface area contributed by atoms with Gasteiger partial charge in [0.05, 0.1) is 12.8 Å². The number of aromatic nitrogens is 1. The number of nitrogens with zero attached hydrogens (tertiary/aromatic N) is 4. The van der Waals surface area contributed by atoms with Crippen LogP contribution in [0.2, 0.25) is 0 Å². The molecule has 0 amide bonds. The summed E-state index contributed by atoms with van der Waals surface area (Å²) in [6.45, 7) is 0.139. The van der Waals surface area contributed by atoms with Gasteiger partial charge in [-0.1, -0.05) is 18.2 Å². The van der Waals surface area contributed by atoms with Crippen molar-refractivity contribution in [3.05, 3.63) is 70.5 Å². The maximum Gasteiger partial charge on any atom is 0.211 e. The summed E-state index contributed by atoms with van der Waals surface area (Å²) in [7, 11) is 1.49. The number of ether oxygens (including phenoxy) is 2. The number of guanidine groups is 1. The standard InChI is InChI=1S/C23H19FN8O2/c1-33-17-8-13(5-6-16(17)34-10-12-3-2-4-14(24)7-12)20-18-19(27)15(9-25)21(28)31-22(18)32-23(30-20)29-11-26/h2-8,20H,10H2,1H3,(H6,27,28,29,30,31,32). The van der Waals surface area contributed by atoms with Crippen molar-refractivity contribution in [3.8, 4) is 23.8 Å². The number of benzene rings is 2. The van der Waals surface area contributed by atoms with Crippen LogP contribution in [-0.4, -0.2) is 18.1 Å². The second-order valence-corrected chi connectivity index (χ2v) is 7.23. The number of methoxy groups -OCH3 is 1. The Kier molecular flexibility index (Phi) is 6.01. The van der Waals surface area contributed by atoms with E-state index in [9.17, 15) is 9.65 Å². The normalized spacial score (nSPS) is 14.0. The SMILES string of the molecule is COc1cc(C2N=C(NC#N)Nc3nc(N)c(C#N)c(N)c32)ccc1OCc1cccc(F)c1. The van der Waals surface area contributed by atoms with Crippen LogP contribution in [0.4, 0.5) is 21.7 Å². The van der Waals surface area contributed by atoms with E-state index in [4.69, 9.17) is 26.2 Å². The fraction of sp³-hybridized carbons (Fsp3) is 0.130. The molecule has 1 aliphatic heterocycles. The van der Waals surface area contributed by atoms with E-state index in [0.29, 0.717) is 28.2 Å². The van der Waals surface area contributed by atoms with Crippen LogP contribution in [0.25, 0.3) is 0 Å². The molecule has 1 aliphatic rings. The van der Waals surface area contributed by atoms with Crippen molar-refractivity contribution in [2.45, 2.75) is 12.6 Å². The third-order valence-electron chi connectivity index (χ3n) is 5.14. The number of nitriles is 2. The smallest absolute Gasteiger partial charge is 0.211 e. The first kappa shape index (κ1) is 22.2. The quantitative estimate of drug-likeness (QED) is 0.332. The van der Waals surface area contributed by atoms with Crippen molar-refractivity contribution < 1.29 is 13.9 Å². The molecule has 2 aromatic carbocycles. The summed E-state index contributed by atoms with van der Waals surface area (Å²) in [6.07, 6.45) is 1.80. The van der Waals surface area contributed by atoms with Gasteiger partial charge in [-0.25, -0.2) is 14.4 Å². The maximum atomic E-state index is 13.5. The minimum atomic E-state index is -0.724. The minimum absolute atomic E-state index is 0.0399. The molecule has 0 spiro atoms. The van der Waals surface area contributed by atoms with Crippen LogP contribution in [0, 0.1) is 28.6 Å². The fourth-order valence-corrected chi connectivity index (χ4v) is 3.58. The van der Waals surface area contributed by atoms with E-state index < -0.39 is 6.04 Å². The zero-order valence-corrected chi connectivity index (χ0v) is 18.0. The van der Waals surface area contributed by atoms with Gasteiger partial charge in [0.15, 0.2) is 17.7 Å². The molecule has 0 saturated carbocycles. The molecule has 0 bridgehead atoms. The molecule has 11 heteroatoms. The molecule has 1 aromatic heterocycles. The number of nitrogens with two attached hydrogens (primary N) is 2. The highest BCUT2D eigenvalue weighted by Crippen LogP contribution is 2.42. The lowest BCUT2D eigenvalue weighted by atomic mass is 9.95. The molecule has 6 N–H and O–H groups in total. The number of nitrogens with one attached hydrogen (secondary N) is 2. The van der Waals surface area contributed by atoms with Gasteiger partial charge in [0.2, 0.25) is 5.96 Å². The van der Waals surface area contributed by atoms with Gasteiger partial charge >= 0.3 is 0 Å². The zero-order valence-electron chi connectivity index (χ0n) is 18.0. The molecule has 0 fully saturated rings. The van der Waals surface area contributed by atoms with Crippen LogP contribution in [0.3, 0.4) is 0 Å². The Labute approximate surface area is 194 Å². The topological polar surface area (TPSA) is 167 Å². The summed E-state index contributed by atoms with van der Waals surface area (Å²) >= 11 is 0. The van der Waals surface area contributed by atoms with Gasteiger partial charge < -0.3 is 26.3 Å². The van der Waals surface area contributed by atoms with Crippen LogP contribution in [0.1, 0.15) is 28.3 Å². The molecule has 0 aliphatic carbocycles. The Hall–Kier alpha value is -5.03. The molecule has 170 valence electrons. The Bertz CT molecular complexity index is 1380. The van der Waals surface area contributed by atoms with Crippen molar-refractivity contribution in [2.75, 3.05) is 23.9 Å². The summed E-state index contributed by atoms with van der Waals surface area (Å²) in [5, 5.41) is 23.8. The first-order valence-corrected chi connectivity index (χ1v) is 9.99. The van der Waals surface area contributed by atoms with Crippen molar-refractivity contribution in [1.82, 2.24) is 10.3 Å². The van der Waals surface area contributed by atoms with Gasteiger partial charge in [-0.2, -0.15) is 10.5 Å². The second kappa shape index (κ2) is 9.22. The van der Waals surface area contributed by atoms with E-state index >= 15 is 0 Å². The third-order valence-corrected chi connectivity index (χ3v) is 5.14. The fourth-order valence-electron chi connectivity index (χ4n) is 3.58. The molecule has 34 heavy (non-hydrogen) atoms. The monoisotopic (exact) mass is 458 g/mol. The number of rotatable bonds is 5. The van der Waals surface area contributed by atoms with Crippen molar-refractivity contribution in [1.29, 1.82) is 10.5 Å². The molecule has 1 atom stereocenters. The molecule has 2 heterocycles. The van der Waals surface area contributed by atoms with E-state index in [1.807, 2.05) is 6.07 Å². The lowest BCUT2D eigenvalue weighted by molar-refractivity contribution is 0.284. The van der Waals surface area contributed by atoms with Crippen LogP contribution in [-0.2, 0) is 6.61 Å². The van der Waals surface area contributed by atoms with E-state index in [1.165, 1.54) is 19.2 Å². The molecule has 0 saturated heterocycles. The molecular formula is C23H19FN8O2. The van der Waals surface area contributed by atoms with Crippen LogP contribution < -0.4 is 31.6 Å². The number of halogens is 1. The van der Waals surface area contributed by atoms with Crippen LogP contribution >= 0.6 is 0 Å². The first-order valence-electron chi connectivity index (χ1n) is 9.99. The highest BCUT2D eigenvalue weighted by Gasteiger charge is 2.30. The Morgan fingerprint density at radius 2 is 2.00 bits per heavy atom. The van der Waals surface area contributed by atoms with Crippen LogP contribution in [0.15, 0.2) is 47.5 Å². The summed E-state index contributed by atoms with van der Waals surface area (Å²) in [4.78, 5) is 8.75. The average molecular weight is 458 g/mol. The zero-order chi connectivity index (χ0) is 24.2. The van der Waals surface area contributed by atoms with Gasteiger partial charge in [0.25, 0.3) is 0 Å². The van der Waals surface area contributed by atoms with Crippen molar-refractivity contribution in [2.24, 2.45) is 4.99 Å². The second-order valence-electron chi connectivity index (χ2n) is 7.23. The van der Waals surface area contributed by atoms with E-state index in [0.717, 1.165) is 0 Å². The summed E-state index contributed by atoms with van der Waals surface area (Å²) in [6, 6.07) is 12.5. The Morgan fingerprint density at radius 1 is 1.18 bits per heavy atom. The van der Waals surface area contributed by atoms with Crippen LogP contribution in [0.5, 0.6) is 11.5 Å². The lowest BCUT2D eigenvalue weighted by Gasteiger charge is -2.26. The maximum absolute atomic E-state index is 13.5. The summed E-state index contributed by atoms with van der Waals surface area (Å²) in [5.41, 5.74) is 14.0. The van der Waals surface area contributed by atoms with E-state index in [-0.39, 0.29) is 41.3 Å². The number of hydrogen-bond donors (Lipinski definition) is 4. The Morgan fingerprint density at radius 3 is 2.71 bits per heavy atom. The van der Waals surface area contributed by atoms with Crippen molar-refractivity contribution in [3.63, 3.8) is 0 Å². The van der Waals surface area contributed by atoms with E-state index in [2.05, 4.69) is 20.6 Å². The third kappa shape index (κ3) is 4.18. The van der Waals surface area contributed by atoms with Gasteiger partial charge in [-0.15, -0.1) is 0 Å². The largest absolute Gasteiger partial charge is 0.493 e. The van der Waals surface area contributed by atoms with Crippen molar-refractivity contribution >= 4 is 23.3 Å². The number of pyridine rings is 1.